The zero-order chi connectivity index (χ0) is 18.1. The maximum Gasteiger partial charge on any atom is 0.268 e. The van der Waals surface area contributed by atoms with E-state index in [4.69, 9.17) is 4.84 Å². The van der Waals surface area contributed by atoms with Crippen molar-refractivity contribution in [2.45, 2.75) is 32.9 Å². The molecule has 0 saturated carbocycles. The van der Waals surface area contributed by atoms with Gasteiger partial charge in [-0.3, -0.25) is 9.48 Å². The standard InChI is InChI=1S/C16H15Br2FN4O2/c1-3-23-7-10(8(2)21-23)13-6-14(25-22-13)16(24)20-15-11(17)4-9(19)5-12(15)18/h4-5,7,14H,3,6H2,1-2H3,(H,20,24). The number of carbonyl (C=O) groups excluding carboxylic acids is 1. The average Bonchev–Trinajstić information content (AvgIpc) is 3.16. The van der Waals surface area contributed by atoms with Gasteiger partial charge in [0, 0.05) is 33.7 Å². The largest absolute Gasteiger partial charge is 0.382 e. The predicted octanol–water partition coefficient (Wildman–Crippen LogP) is 4.01. The fourth-order valence-electron chi connectivity index (χ4n) is 2.51. The molecule has 1 unspecified atom stereocenters. The van der Waals surface area contributed by atoms with Crippen molar-refractivity contribution in [3.05, 3.63) is 44.3 Å². The lowest BCUT2D eigenvalue weighted by molar-refractivity contribution is -0.125. The average molecular weight is 474 g/mol. The van der Waals surface area contributed by atoms with E-state index in [1.165, 1.54) is 12.1 Å². The van der Waals surface area contributed by atoms with Crippen LogP contribution >= 0.6 is 31.9 Å². The number of halogens is 3. The van der Waals surface area contributed by atoms with Crippen molar-refractivity contribution in [3.63, 3.8) is 0 Å². The molecule has 0 saturated heterocycles. The number of hydrogen-bond donors (Lipinski definition) is 1. The summed E-state index contributed by atoms with van der Waals surface area (Å²) in [6.45, 7) is 4.65. The zero-order valence-electron chi connectivity index (χ0n) is 13.5. The second kappa shape index (κ2) is 7.25. The molecule has 0 aliphatic carbocycles. The highest BCUT2D eigenvalue weighted by atomic mass is 79.9. The maximum atomic E-state index is 13.3. The van der Waals surface area contributed by atoms with E-state index in [1.807, 2.05) is 24.7 Å². The van der Waals surface area contributed by atoms with Gasteiger partial charge in [-0.1, -0.05) is 5.16 Å². The first-order valence-electron chi connectivity index (χ1n) is 7.61. The third-order valence-corrected chi connectivity index (χ3v) is 5.05. The lowest BCUT2D eigenvalue weighted by Crippen LogP contribution is -2.28. The first-order chi connectivity index (χ1) is 11.9. The minimum absolute atomic E-state index is 0.346. The smallest absolute Gasteiger partial charge is 0.268 e. The molecule has 1 amide bonds. The Hall–Kier alpha value is -1.74. The number of benzene rings is 1. The first-order valence-corrected chi connectivity index (χ1v) is 9.20. The lowest BCUT2D eigenvalue weighted by Gasteiger charge is -2.12. The highest BCUT2D eigenvalue weighted by Crippen LogP contribution is 2.32. The molecular weight excluding hydrogens is 459 g/mol. The van der Waals surface area contributed by atoms with E-state index >= 15 is 0 Å². The molecule has 6 nitrogen and oxygen atoms in total. The Balaban J connectivity index is 1.71. The van der Waals surface area contributed by atoms with E-state index < -0.39 is 11.9 Å². The van der Waals surface area contributed by atoms with Gasteiger partial charge in [0.2, 0.25) is 6.10 Å². The molecule has 2 aromatic rings. The van der Waals surface area contributed by atoms with Crippen molar-refractivity contribution in [2.24, 2.45) is 5.16 Å². The van der Waals surface area contributed by atoms with Crippen LogP contribution in [0.5, 0.6) is 0 Å². The van der Waals surface area contributed by atoms with Crippen molar-refractivity contribution < 1.29 is 14.0 Å². The Labute approximate surface area is 160 Å². The fraction of sp³-hybridized carbons (Fsp3) is 0.312. The van der Waals surface area contributed by atoms with Crippen LogP contribution in [0.1, 0.15) is 24.6 Å². The number of aromatic nitrogens is 2. The summed E-state index contributed by atoms with van der Waals surface area (Å²) in [5.41, 5.74) is 2.85. The highest BCUT2D eigenvalue weighted by Gasteiger charge is 2.31. The van der Waals surface area contributed by atoms with Crippen LogP contribution in [-0.4, -0.2) is 27.5 Å². The number of nitrogens with zero attached hydrogens (tertiary/aromatic N) is 3. The van der Waals surface area contributed by atoms with E-state index in [0.717, 1.165) is 17.8 Å². The Morgan fingerprint density at radius 3 is 2.72 bits per heavy atom. The SMILES string of the molecule is CCn1cc(C2=NOC(C(=O)Nc3c(Br)cc(F)cc3Br)C2)c(C)n1. The number of amides is 1. The highest BCUT2D eigenvalue weighted by molar-refractivity contribution is 9.11. The molecule has 0 spiro atoms. The third kappa shape index (κ3) is 3.77. The van der Waals surface area contributed by atoms with E-state index in [-0.39, 0.29) is 5.91 Å². The number of carbonyl (C=O) groups is 1. The Kier molecular flexibility index (Phi) is 5.24. The van der Waals surface area contributed by atoms with Gasteiger partial charge in [0.05, 0.1) is 17.1 Å². The summed E-state index contributed by atoms with van der Waals surface area (Å²) in [7, 11) is 0. The minimum Gasteiger partial charge on any atom is -0.382 e. The van der Waals surface area contributed by atoms with Gasteiger partial charge in [0.15, 0.2) is 0 Å². The summed E-state index contributed by atoms with van der Waals surface area (Å²) in [6, 6.07) is 2.56. The molecule has 1 atom stereocenters. The van der Waals surface area contributed by atoms with Gasteiger partial charge < -0.3 is 10.2 Å². The van der Waals surface area contributed by atoms with E-state index in [1.54, 1.807) is 0 Å². The lowest BCUT2D eigenvalue weighted by atomic mass is 10.1. The van der Waals surface area contributed by atoms with E-state index in [9.17, 15) is 9.18 Å². The van der Waals surface area contributed by atoms with Crippen LogP contribution in [0.2, 0.25) is 0 Å². The summed E-state index contributed by atoms with van der Waals surface area (Å²) in [5, 5.41) is 11.1. The van der Waals surface area contributed by atoms with Gasteiger partial charge in [0.1, 0.15) is 5.82 Å². The quantitative estimate of drug-likeness (QED) is 0.729. The summed E-state index contributed by atoms with van der Waals surface area (Å²) in [5.74, 6) is -0.768. The molecule has 25 heavy (non-hydrogen) atoms. The van der Waals surface area contributed by atoms with Crippen LogP contribution in [0, 0.1) is 12.7 Å². The number of rotatable bonds is 4. The summed E-state index contributed by atoms with van der Waals surface area (Å²) in [6.07, 6.45) is 1.49. The second-order valence-electron chi connectivity index (χ2n) is 5.55. The molecule has 2 heterocycles. The van der Waals surface area contributed by atoms with Crippen LogP contribution in [-0.2, 0) is 16.2 Å². The zero-order valence-corrected chi connectivity index (χ0v) is 16.7. The molecule has 1 N–H and O–H groups in total. The van der Waals surface area contributed by atoms with Crippen LogP contribution in [0.15, 0.2) is 32.4 Å². The summed E-state index contributed by atoms with van der Waals surface area (Å²) < 4.78 is 16.0. The topological polar surface area (TPSA) is 68.5 Å². The Bertz CT molecular complexity index is 843. The number of oxime groups is 1. The molecule has 1 aromatic heterocycles. The van der Waals surface area contributed by atoms with Gasteiger partial charge in [0.25, 0.3) is 5.91 Å². The molecule has 1 aliphatic heterocycles. The van der Waals surface area contributed by atoms with Crippen LogP contribution in [0.4, 0.5) is 10.1 Å². The Morgan fingerprint density at radius 1 is 1.44 bits per heavy atom. The van der Waals surface area contributed by atoms with Crippen LogP contribution in [0.25, 0.3) is 0 Å². The summed E-state index contributed by atoms with van der Waals surface area (Å²) in [4.78, 5) is 17.8. The second-order valence-corrected chi connectivity index (χ2v) is 7.26. The van der Waals surface area contributed by atoms with Gasteiger partial charge in [-0.25, -0.2) is 4.39 Å². The Morgan fingerprint density at radius 2 is 2.12 bits per heavy atom. The molecular formula is C16H15Br2FN4O2. The molecule has 132 valence electrons. The minimum atomic E-state index is -0.747. The number of anilines is 1. The molecule has 0 fully saturated rings. The van der Waals surface area contributed by atoms with Crippen LogP contribution in [0.3, 0.4) is 0 Å². The number of nitrogens with one attached hydrogen (secondary N) is 1. The van der Waals surface area contributed by atoms with Crippen molar-refractivity contribution in [1.82, 2.24) is 9.78 Å². The van der Waals surface area contributed by atoms with Crippen molar-refractivity contribution >= 4 is 49.2 Å². The first kappa shape index (κ1) is 18.1. The van der Waals surface area contributed by atoms with Crippen molar-refractivity contribution in [1.29, 1.82) is 0 Å². The molecule has 0 radical (unpaired) electrons. The fourth-order valence-corrected chi connectivity index (χ4v) is 3.83. The normalized spacial score (nSPS) is 16.5. The molecule has 1 aromatic carbocycles. The van der Waals surface area contributed by atoms with Crippen LogP contribution < -0.4 is 5.32 Å². The van der Waals surface area contributed by atoms with Crippen molar-refractivity contribution in [2.75, 3.05) is 5.32 Å². The van der Waals surface area contributed by atoms with Gasteiger partial charge in [-0.2, -0.15) is 5.10 Å². The van der Waals surface area contributed by atoms with Gasteiger partial charge in [-0.15, -0.1) is 0 Å². The molecule has 0 bridgehead atoms. The number of hydrogen-bond acceptors (Lipinski definition) is 4. The third-order valence-electron chi connectivity index (χ3n) is 3.80. The summed E-state index contributed by atoms with van der Waals surface area (Å²) >= 11 is 6.48. The van der Waals surface area contributed by atoms with E-state index in [2.05, 4.69) is 47.4 Å². The van der Waals surface area contributed by atoms with Gasteiger partial charge in [-0.05, 0) is 57.8 Å². The number of aryl methyl sites for hydroxylation is 2. The monoisotopic (exact) mass is 472 g/mol. The van der Waals surface area contributed by atoms with Gasteiger partial charge >= 0.3 is 0 Å². The maximum absolute atomic E-state index is 13.3. The molecule has 3 rings (SSSR count). The predicted molar refractivity (Wildman–Crippen MR) is 99.1 cm³/mol. The van der Waals surface area contributed by atoms with Crippen molar-refractivity contribution in [3.8, 4) is 0 Å². The van der Waals surface area contributed by atoms with E-state index in [0.29, 0.717) is 26.8 Å². The molecule has 9 heteroatoms. The molecule has 1 aliphatic rings.